The Hall–Kier alpha value is -1.53. The zero-order chi connectivity index (χ0) is 16.8. The molecule has 0 saturated carbocycles. The molecule has 2 fully saturated rings. The molecule has 0 radical (unpaired) electrons. The summed E-state index contributed by atoms with van der Waals surface area (Å²) >= 11 is 0. The summed E-state index contributed by atoms with van der Waals surface area (Å²) in [7, 11) is 0. The second-order valence-electron chi connectivity index (χ2n) is 6.74. The minimum Gasteiger partial charge on any atom is -0.468 e. The standard InChI is InChI=1S/C18H30N4O2/c1-2-20-8-6-11-22(13-12-20)18(23)19-15-16(17-7-5-14-24-17)21-9-3-4-10-21/h5,7,14,16H,2-4,6,8-13,15H2,1H3,(H,19,23)/t16-/m0/s1. The van der Waals surface area contributed by atoms with Crippen molar-refractivity contribution in [2.75, 3.05) is 52.4 Å². The zero-order valence-corrected chi connectivity index (χ0v) is 14.7. The summed E-state index contributed by atoms with van der Waals surface area (Å²) in [6.07, 6.45) is 5.22. The Morgan fingerprint density at radius 3 is 2.71 bits per heavy atom. The van der Waals surface area contributed by atoms with E-state index in [-0.39, 0.29) is 12.1 Å². The highest BCUT2D eigenvalue weighted by Gasteiger charge is 2.27. The number of carbonyl (C=O) groups is 1. The highest BCUT2D eigenvalue weighted by Crippen LogP contribution is 2.24. The van der Waals surface area contributed by atoms with Gasteiger partial charge in [-0.25, -0.2) is 4.79 Å². The third kappa shape index (κ3) is 4.30. The van der Waals surface area contributed by atoms with Gasteiger partial charge < -0.3 is 19.5 Å². The number of amides is 2. The van der Waals surface area contributed by atoms with E-state index < -0.39 is 0 Å². The summed E-state index contributed by atoms with van der Waals surface area (Å²) in [6, 6.07) is 4.14. The number of hydrogen-bond acceptors (Lipinski definition) is 4. The Morgan fingerprint density at radius 2 is 2.00 bits per heavy atom. The maximum Gasteiger partial charge on any atom is 0.317 e. The number of likely N-dealkylation sites (tertiary alicyclic amines) is 1. The smallest absolute Gasteiger partial charge is 0.317 e. The molecule has 3 rings (SSSR count). The summed E-state index contributed by atoms with van der Waals surface area (Å²) in [4.78, 5) is 19.4. The molecule has 2 amide bonds. The van der Waals surface area contributed by atoms with Gasteiger partial charge in [-0.3, -0.25) is 4.90 Å². The van der Waals surface area contributed by atoms with Gasteiger partial charge in [0.15, 0.2) is 0 Å². The SMILES string of the molecule is CCN1CCCN(C(=O)NC[C@@H](c2ccco2)N2CCCC2)CC1. The highest BCUT2D eigenvalue weighted by molar-refractivity contribution is 5.74. The number of nitrogens with zero attached hydrogens (tertiary/aromatic N) is 3. The number of rotatable bonds is 5. The van der Waals surface area contributed by atoms with E-state index >= 15 is 0 Å². The van der Waals surface area contributed by atoms with Crippen molar-refractivity contribution in [3.8, 4) is 0 Å². The van der Waals surface area contributed by atoms with Crippen molar-refractivity contribution in [2.24, 2.45) is 0 Å². The Kier molecular flexibility index (Phi) is 6.15. The molecule has 0 aromatic carbocycles. The third-order valence-corrected chi connectivity index (χ3v) is 5.22. The summed E-state index contributed by atoms with van der Waals surface area (Å²) in [6.45, 7) is 9.73. The molecule has 1 N–H and O–H groups in total. The summed E-state index contributed by atoms with van der Waals surface area (Å²) in [5, 5.41) is 3.15. The van der Waals surface area contributed by atoms with Gasteiger partial charge in [0.2, 0.25) is 0 Å². The Balaban J connectivity index is 1.55. The average Bonchev–Trinajstić information content (AvgIpc) is 3.26. The van der Waals surface area contributed by atoms with Crippen LogP contribution >= 0.6 is 0 Å². The van der Waals surface area contributed by atoms with Crippen LogP contribution in [-0.2, 0) is 0 Å². The van der Waals surface area contributed by atoms with Crippen LogP contribution in [0.3, 0.4) is 0 Å². The fourth-order valence-electron chi connectivity index (χ4n) is 3.73. The van der Waals surface area contributed by atoms with E-state index in [1.165, 1.54) is 12.8 Å². The largest absolute Gasteiger partial charge is 0.468 e. The first-order chi connectivity index (χ1) is 11.8. The first-order valence-corrected chi connectivity index (χ1v) is 9.30. The fourth-order valence-corrected chi connectivity index (χ4v) is 3.73. The first kappa shape index (κ1) is 17.3. The molecule has 1 aromatic rings. The summed E-state index contributed by atoms with van der Waals surface area (Å²) < 4.78 is 5.62. The Bertz CT molecular complexity index is 499. The number of urea groups is 1. The van der Waals surface area contributed by atoms with Crippen molar-refractivity contribution in [1.82, 2.24) is 20.0 Å². The molecule has 0 unspecified atom stereocenters. The van der Waals surface area contributed by atoms with Crippen LogP contribution in [0.1, 0.15) is 38.0 Å². The predicted molar refractivity (Wildman–Crippen MR) is 94.0 cm³/mol. The van der Waals surface area contributed by atoms with E-state index in [0.717, 1.165) is 58.0 Å². The Labute approximate surface area is 144 Å². The number of hydrogen-bond donors (Lipinski definition) is 1. The van der Waals surface area contributed by atoms with Crippen LogP contribution in [0.15, 0.2) is 22.8 Å². The molecular weight excluding hydrogens is 304 g/mol. The predicted octanol–water partition coefficient (Wildman–Crippen LogP) is 2.15. The van der Waals surface area contributed by atoms with Crippen LogP contribution in [-0.4, -0.2) is 73.1 Å². The molecule has 1 atom stereocenters. The molecule has 0 bridgehead atoms. The lowest BCUT2D eigenvalue weighted by atomic mass is 10.2. The van der Waals surface area contributed by atoms with Crippen LogP contribution in [0.25, 0.3) is 0 Å². The maximum absolute atomic E-state index is 12.6. The highest BCUT2D eigenvalue weighted by atomic mass is 16.3. The van der Waals surface area contributed by atoms with Crippen molar-refractivity contribution in [3.63, 3.8) is 0 Å². The molecule has 2 saturated heterocycles. The minimum atomic E-state index is 0.0590. The van der Waals surface area contributed by atoms with Gasteiger partial charge in [0.25, 0.3) is 0 Å². The molecule has 0 spiro atoms. The lowest BCUT2D eigenvalue weighted by Gasteiger charge is -2.28. The molecule has 2 aliphatic heterocycles. The van der Waals surface area contributed by atoms with E-state index in [1.807, 2.05) is 17.0 Å². The monoisotopic (exact) mass is 334 g/mol. The van der Waals surface area contributed by atoms with Crippen LogP contribution in [0.4, 0.5) is 4.79 Å². The number of furan rings is 1. The van der Waals surface area contributed by atoms with E-state index in [4.69, 9.17) is 4.42 Å². The van der Waals surface area contributed by atoms with Gasteiger partial charge >= 0.3 is 6.03 Å². The van der Waals surface area contributed by atoms with Crippen LogP contribution in [0.2, 0.25) is 0 Å². The molecule has 6 nitrogen and oxygen atoms in total. The molecule has 3 heterocycles. The van der Waals surface area contributed by atoms with Gasteiger partial charge in [0, 0.05) is 26.2 Å². The van der Waals surface area contributed by atoms with Gasteiger partial charge in [-0.2, -0.15) is 0 Å². The van der Waals surface area contributed by atoms with E-state index in [1.54, 1.807) is 6.26 Å². The van der Waals surface area contributed by atoms with Crippen molar-refractivity contribution in [3.05, 3.63) is 24.2 Å². The van der Waals surface area contributed by atoms with Crippen molar-refractivity contribution in [2.45, 2.75) is 32.2 Å². The van der Waals surface area contributed by atoms with Gasteiger partial charge in [0.1, 0.15) is 5.76 Å². The zero-order valence-electron chi connectivity index (χ0n) is 14.7. The fraction of sp³-hybridized carbons (Fsp3) is 0.722. The quantitative estimate of drug-likeness (QED) is 0.896. The third-order valence-electron chi connectivity index (χ3n) is 5.22. The number of nitrogens with one attached hydrogen (secondary N) is 1. The lowest BCUT2D eigenvalue weighted by molar-refractivity contribution is 0.182. The van der Waals surface area contributed by atoms with Gasteiger partial charge in [-0.1, -0.05) is 6.92 Å². The molecule has 1 aromatic heterocycles. The summed E-state index contributed by atoms with van der Waals surface area (Å²) in [5.41, 5.74) is 0. The van der Waals surface area contributed by atoms with Crippen LogP contribution in [0.5, 0.6) is 0 Å². The van der Waals surface area contributed by atoms with E-state index in [2.05, 4.69) is 22.0 Å². The van der Waals surface area contributed by atoms with Gasteiger partial charge in [-0.05, 0) is 57.6 Å². The van der Waals surface area contributed by atoms with Crippen LogP contribution < -0.4 is 5.32 Å². The summed E-state index contributed by atoms with van der Waals surface area (Å²) in [5.74, 6) is 0.949. The van der Waals surface area contributed by atoms with Crippen LogP contribution in [0, 0.1) is 0 Å². The molecule has 2 aliphatic rings. The number of likely N-dealkylation sites (N-methyl/N-ethyl adjacent to an activating group) is 1. The topological polar surface area (TPSA) is 52.0 Å². The van der Waals surface area contributed by atoms with E-state index in [0.29, 0.717) is 6.54 Å². The van der Waals surface area contributed by atoms with Crippen molar-refractivity contribution in [1.29, 1.82) is 0 Å². The molecule has 134 valence electrons. The average molecular weight is 334 g/mol. The molecule has 6 heteroatoms. The Morgan fingerprint density at radius 1 is 1.17 bits per heavy atom. The molecule has 24 heavy (non-hydrogen) atoms. The van der Waals surface area contributed by atoms with E-state index in [9.17, 15) is 4.79 Å². The lowest BCUT2D eigenvalue weighted by Crippen LogP contribution is -2.45. The minimum absolute atomic E-state index is 0.0590. The molecular formula is C18H30N4O2. The van der Waals surface area contributed by atoms with Crippen molar-refractivity contribution < 1.29 is 9.21 Å². The maximum atomic E-state index is 12.6. The normalized spacial score (nSPS) is 21.6. The van der Waals surface area contributed by atoms with Gasteiger partial charge in [-0.15, -0.1) is 0 Å². The van der Waals surface area contributed by atoms with Crippen molar-refractivity contribution >= 4 is 6.03 Å². The second kappa shape index (κ2) is 8.53. The number of carbonyl (C=O) groups excluding carboxylic acids is 1. The molecule has 0 aliphatic carbocycles. The van der Waals surface area contributed by atoms with Gasteiger partial charge in [0.05, 0.1) is 12.3 Å². The second-order valence-corrected chi connectivity index (χ2v) is 6.74. The first-order valence-electron chi connectivity index (χ1n) is 9.30.